The van der Waals surface area contributed by atoms with Crippen molar-refractivity contribution in [1.82, 2.24) is 0 Å². The van der Waals surface area contributed by atoms with Crippen molar-refractivity contribution in [3.63, 3.8) is 0 Å². The molecule has 3 aliphatic rings. The molecule has 2 radical (unpaired) electrons. The molecule has 0 fully saturated rings. The number of allylic oxidation sites excluding steroid dienone is 1. The maximum absolute atomic E-state index is 6.70. The Bertz CT molecular complexity index is 2950. The zero-order valence-corrected chi connectivity index (χ0v) is 33.4. The third-order valence-electron chi connectivity index (χ3n) is 13.8. The zero-order chi connectivity index (χ0) is 39.4. The number of hydrogen-bond donors (Lipinski definition) is 0. The van der Waals surface area contributed by atoms with Gasteiger partial charge in [0.25, 0.3) is 0 Å². The Labute approximate surface area is 343 Å². The van der Waals surface area contributed by atoms with Gasteiger partial charge in [0.05, 0.1) is 12.5 Å². The predicted molar refractivity (Wildman–Crippen MR) is 242 cm³/mol. The minimum Gasteiger partial charge on any atom is -0.497 e. The molecule has 0 spiro atoms. The van der Waals surface area contributed by atoms with Gasteiger partial charge in [-0.3, -0.25) is 0 Å². The second-order valence-electron chi connectivity index (χ2n) is 17.1. The molecule has 3 aliphatic carbocycles. The van der Waals surface area contributed by atoms with Crippen molar-refractivity contribution in [3.05, 3.63) is 231 Å². The first-order valence-electron chi connectivity index (χ1n) is 20.5. The maximum Gasteiger partial charge on any atom is 0.118 e. The van der Waals surface area contributed by atoms with Crippen LogP contribution in [0.15, 0.2) is 170 Å². The van der Waals surface area contributed by atoms with E-state index in [0.717, 1.165) is 17.6 Å². The van der Waals surface area contributed by atoms with Crippen LogP contribution in [0.1, 0.15) is 75.0 Å². The summed E-state index contributed by atoms with van der Waals surface area (Å²) in [5.74, 6) is 0.849. The van der Waals surface area contributed by atoms with E-state index in [2.05, 4.69) is 197 Å². The molecule has 1 atom stereocenters. The highest BCUT2D eigenvalue weighted by molar-refractivity contribution is 6.33. The molecule has 8 aromatic rings. The number of fused-ring (bicyclic) bond motifs is 11. The monoisotopic (exact) mass is 742 g/mol. The first-order valence-corrected chi connectivity index (χ1v) is 20.5. The van der Waals surface area contributed by atoms with Gasteiger partial charge >= 0.3 is 0 Å². The lowest BCUT2D eigenvalue weighted by atomic mass is 9.63. The van der Waals surface area contributed by atoms with E-state index >= 15 is 0 Å². The molecule has 0 saturated heterocycles. The third kappa shape index (κ3) is 4.66. The molecule has 1 unspecified atom stereocenters. The Morgan fingerprint density at radius 2 is 1.21 bits per heavy atom. The first kappa shape index (κ1) is 34.8. The summed E-state index contributed by atoms with van der Waals surface area (Å²) in [5, 5.41) is 2.51. The fourth-order valence-electron chi connectivity index (χ4n) is 11.2. The van der Waals surface area contributed by atoms with E-state index in [1.165, 1.54) is 94.2 Å². The second kappa shape index (κ2) is 12.6. The molecular formula is C56H43BO. The summed E-state index contributed by atoms with van der Waals surface area (Å²) in [7, 11) is 8.44. The van der Waals surface area contributed by atoms with E-state index in [-0.39, 0.29) is 5.41 Å². The Hall–Kier alpha value is -6.38. The molecule has 0 saturated carbocycles. The van der Waals surface area contributed by atoms with Crippen LogP contribution in [0.4, 0.5) is 0 Å². The van der Waals surface area contributed by atoms with Crippen molar-refractivity contribution in [1.29, 1.82) is 0 Å². The van der Waals surface area contributed by atoms with Crippen LogP contribution < -0.4 is 10.2 Å². The summed E-state index contributed by atoms with van der Waals surface area (Å²) < 4.78 is 5.72. The summed E-state index contributed by atoms with van der Waals surface area (Å²) >= 11 is 0. The summed E-state index contributed by atoms with van der Waals surface area (Å²) in [6.07, 6.45) is 5.74. The Morgan fingerprint density at radius 1 is 0.552 bits per heavy atom. The molecule has 0 heterocycles. The normalized spacial score (nSPS) is 17.6. The van der Waals surface area contributed by atoms with Gasteiger partial charge in [0.15, 0.2) is 0 Å². The Balaban J connectivity index is 1.21. The number of ether oxygens (including phenoxy) is 1. The molecule has 0 amide bonds. The SMILES string of the molecule is [B]c1ccc2c3c(c4c(c2c1)CC(c1ccc(OC)cc1)(c1ccc2c(c1)C(c1ccccc1)(c1ccccc1)c1ccccc1-2)C=C4)C(C)(C)c1cc(C)ccc1-3. The summed E-state index contributed by atoms with van der Waals surface area (Å²) in [6.45, 7) is 7.02. The van der Waals surface area contributed by atoms with Crippen LogP contribution in [0.2, 0.25) is 0 Å². The highest BCUT2D eigenvalue weighted by Crippen LogP contribution is 2.59. The van der Waals surface area contributed by atoms with Gasteiger partial charge in [-0.05, 0) is 114 Å². The van der Waals surface area contributed by atoms with Crippen LogP contribution in [0.25, 0.3) is 39.1 Å². The largest absolute Gasteiger partial charge is 0.497 e. The van der Waals surface area contributed by atoms with Crippen molar-refractivity contribution in [2.24, 2.45) is 0 Å². The molecule has 2 heteroatoms. The maximum atomic E-state index is 6.70. The van der Waals surface area contributed by atoms with Gasteiger partial charge in [-0.2, -0.15) is 0 Å². The molecule has 0 aliphatic heterocycles. The molecule has 276 valence electrons. The van der Waals surface area contributed by atoms with Gasteiger partial charge in [-0.1, -0.05) is 189 Å². The van der Waals surface area contributed by atoms with Crippen LogP contribution in [0, 0.1) is 6.92 Å². The topological polar surface area (TPSA) is 9.23 Å². The average molecular weight is 743 g/mol. The lowest BCUT2D eigenvalue weighted by Crippen LogP contribution is -2.33. The highest BCUT2D eigenvalue weighted by Gasteiger charge is 2.48. The molecule has 8 aromatic carbocycles. The van der Waals surface area contributed by atoms with E-state index in [1.54, 1.807) is 7.11 Å². The lowest BCUT2D eigenvalue weighted by molar-refractivity contribution is 0.414. The van der Waals surface area contributed by atoms with Crippen molar-refractivity contribution in [3.8, 4) is 28.0 Å². The van der Waals surface area contributed by atoms with Crippen LogP contribution in [-0.2, 0) is 22.7 Å². The fourth-order valence-corrected chi connectivity index (χ4v) is 11.2. The van der Waals surface area contributed by atoms with Gasteiger partial charge in [0.1, 0.15) is 13.6 Å². The lowest BCUT2D eigenvalue weighted by Gasteiger charge is -2.39. The number of methoxy groups -OCH3 is 1. The number of rotatable bonds is 5. The van der Waals surface area contributed by atoms with Gasteiger partial charge in [0.2, 0.25) is 0 Å². The zero-order valence-electron chi connectivity index (χ0n) is 33.4. The van der Waals surface area contributed by atoms with Crippen LogP contribution >= 0.6 is 0 Å². The quantitative estimate of drug-likeness (QED) is 0.160. The van der Waals surface area contributed by atoms with Crippen LogP contribution in [0.5, 0.6) is 5.75 Å². The molecule has 0 bridgehead atoms. The van der Waals surface area contributed by atoms with Crippen molar-refractivity contribution in [2.75, 3.05) is 7.11 Å². The van der Waals surface area contributed by atoms with E-state index in [4.69, 9.17) is 12.6 Å². The van der Waals surface area contributed by atoms with E-state index < -0.39 is 10.8 Å². The molecular weight excluding hydrogens is 699 g/mol. The summed E-state index contributed by atoms with van der Waals surface area (Å²) in [6, 6.07) is 60.9. The van der Waals surface area contributed by atoms with Crippen LogP contribution in [0.3, 0.4) is 0 Å². The minimum absolute atomic E-state index is 0.175. The second-order valence-corrected chi connectivity index (χ2v) is 17.1. The highest BCUT2D eigenvalue weighted by atomic mass is 16.5. The van der Waals surface area contributed by atoms with Crippen molar-refractivity contribution in [2.45, 2.75) is 43.4 Å². The number of hydrogen-bond acceptors (Lipinski definition) is 1. The van der Waals surface area contributed by atoms with E-state index in [1.807, 2.05) is 0 Å². The predicted octanol–water partition coefficient (Wildman–Crippen LogP) is 12.2. The van der Waals surface area contributed by atoms with Crippen LogP contribution in [-0.4, -0.2) is 15.0 Å². The first-order chi connectivity index (χ1) is 28.3. The number of aryl methyl sites for hydroxylation is 1. The molecule has 0 N–H and O–H groups in total. The van der Waals surface area contributed by atoms with Gasteiger partial charge in [0, 0.05) is 10.8 Å². The number of benzene rings is 8. The smallest absolute Gasteiger partial charge is 0.118 e. The van der Waals surface area contributed by atoms with E-state index in [9.17, 15) is 0 Å². The van der Waals surface area contributed by atoms with E-state index in [0.29, 0.717) is 0 Å². The standard InChI is InChI=1S/C56H43BO/c1-35-19-26-46-50(31-35)54(2,3)53-45-29-30-55(36-20-24-41(58-4)25-21-36,34-48(45)47-33-40(57)23-28-44(47)52(46)53)39-22-27-43-42-17-11-12-18-49(42)56(51(43)32-39,37-13-7-5-8-14-37)38-15-9-6-10-16-38/h5-33H,34H2,1-4H3. The summed E-state index contributed by atoms with van der Waals surface area (Å²) in [5.41, 5.74) is 19.3. The average Bonchev–Trinajstić information content (AvgIpc) is 3.69. The Morgan fingerprint density at radius 3 is 1.93 bits per heavy atom. The molecule has 11 rings (SSSR count). The third-order valence-corrected chi connectivity index (χ3v) is 13.8. The van der Waals surface area contributed by atoms with Gasteiger partial charge in [-0.25, -0.2) is 0 Å². The van der Waals surface area contributed by atoms with Crippen molar-refractivity contribution < 1.29 is 4.74 Å². The van der Waals surface area contributed by atoms with Crippen molar-refractivity contribution >= 4 is 30.2 Å². The molecule has 1 nitrogen and oxygen atoms in total. The summed E-state index contributed by atoms with van der Waals surface area (Å²) in [4.78, 5) is 0. The Kier molecular flexibility index (Phi) is 7.55. The molecule has 0 aromatic heterocycles. The minimum atomic E-state index is -0.502. The molecule has 58 heavy (non-hydrogen) atoms. The fraction of sp³-hybridized carbons (Fsp3) is 0.143. The van der Waals surface area contributed by atoms with Gasteiger partial charge in [-0.15, -0.1) is 0 Å². The van der Waals surface area contributed by atoms with Gasteiger partial charge < -0.3 is 4.74 Å².